The Morgan fingerprint density at radius 1 is 0.350 bits per heavy atom. The molecule has 0 bridgehead atoms. The molecular formula is C39H25N. The van der Waals surface area contributed by atoms with Crippen molar-refractivity contribution in [3.63, 3.8) is 0 Å². The molecule has 0 unspecified atom stereocenters. The van der Waals surface area contributed by atoms with Gasteiger partial charge in [-0.15, -0.1) is 0 Å². The van der Waals surface area contributed by atoms with Gasteiger partial charge in [-0.25, -0.2) is 0 Å². The maximum Gasteiger partial charge on any atom is 0.0326 e. The molecule has 0 aliphatic carbocycles. The van der Waals surface area contributed by atoms with Crippen LogP contribution in [0.15, 0.2) is 121 Å². The van der Waals surface area contributed by atoms with E-state index in [9.17, 15) is 0 Å². The Kier molecular flexibility index (Phi) is 4.19. The van der Waals surface area contributed by atoms with Gasteiger partial charge < -0.3 is 5.73 Å². The second-order valence-corrected chi connectivity index (χ2v) is 11.4. The van der Waals surface area contributed by atoms with Crippen LogP contribution < -0.4 is 5.73 Å². The van der Waals surface area contributed by atoms with Crippen molar-refractivity contribution in [1.82, 2.24) is 0 Å². The highest BCUT2D eigenvalue weighted by atomic mass is 14.5. The molecule has 186 valence electrons. The van der Waals surface area contributed by atoms with E-state index in [0.717, 1.165) is 5.69 Å². The second-order valence-electron chi connectivity index (χ2n) is 11.4. The minimum absolute atomic E-state index is 0.811. The smallest absolute Gasteiger partial charge is 0.0326 e. The minimum atomic E-state index is 0.811. The number of benzene rings is 9. The number of nitrogen functional groups attached to an aromatic ring is 1. The molecule has 0 atom stereocenters. The monoisotopic (exact) mass is 507 g/mol. The third kappa shape index (κ3) is 3.03. The number of aryl methyl sites for hydroxylation is 1. The van der Waals surface area contributed by atoms with Crippen LogP contribution >= 0.6 is 0 Å². The Hall–Kier alpha value is -5.14. The van der Waals surface area contributed by atoms with Crippen molar-refractivity contribution < 1.29 is 0 Å². The molecule has 9 aromatic rings. The lowest BCUT2D eigenvalue weighted by Crippen LogP contribution is -1.89. The summed E-state index contributed by atoms with van der Waals surface area (Å²) < 4.78 is 0. The van der Waals surface area contributed by atoms with Crippen molar-refractivity contribution in [2.75, 3.05) is 5.73 Å². The van der Waals surface area contributed by atoms with Gasteiger partial charge in [0, 0.05) is 5.69 Å². The number of hydrogen-bond acceptors (Lipinski definition) is 1. The highest BCUT2D eigenvalue weighted by molar-refractivity contribution is 6.25. The van der Waals surface area contributed by atoms with Crippen molar-refractivity contribution >= 4 is 70.3 Å². The van der Waals surface area contributed by atoms with E-state index in [1.807, 2.05) is 0 Å². The number of hydrogen-bond donors (Lipinski definition) is 1. The molecule has 0 aromatic heterocycles. The van der Waals surface area contributed by atoms with Crippen molar-refractivity contribution in [2.45, 2.75) is 6.92 Å². The zero-order chi connectivity index (χ0) is 26.5. The van der Waals surface area contributed by atoms with Gasteiger partial charge in [0.05, 0.1) is 0 Å². The first-order valence-corrected chi connectivity index (χ1v) is 13.9. The van der Waals surface area contributed by atoms with E-state index in [4.69, 9.17) is 5.73 Å². The largest absolute Gasteiger partial charge is 0.399 e. The highest BCUT2D eigenvalue weighted by Gasteiger charge is 2.13. The Morgan fingerprint density at radius 2 is 0.675 bits per heavy atom. The molecule has 0 fully saturated rings. The van der Waals surface area contributed by atoms with E-state index >= 15 is 0 Å². The summed E-state index contributed by atoms with van der Waals surface area (Å²) in [6, 6.07) is 45.1. The maximum absolute atomic E-state index is 6.17. The summed E-state index contributed by atoms with van der Waals surface area (Å²) in [6.07, 6.45) is 0. The third-order valence-corrected chi connectivity index (χ3v) is 8.76. The number of anilines is 1. The summed E-state index contributed by atoms with van der Waals surface area (Å²) in [5.41, 5.74) is 13.2. The lowest BCUT2D eigenvalue weighted by molar-refractivity contribution is 1.52. The first kappa shape index (κ1) is 21.8. The van der Waals surface area contributed by atoms with Gasteiger partial charge in [0.1, 0.15) is 0 Å². The fraction of sp³-hybridized carbons (Fsp3) is 0.0256. The summed E-state index contributed by atoms with van der Waals surface area (Å²) in [5, 5.41) is 15.5. The fourth-order valence-electron chi connectivity index (χ4n) is 7.07. The van der Waals surface area contributed by atoms with E-state index in [1.165, 1.54) is 92.5 Å². The quantitative estimate of drug-likeness (QED) is 0.183. The molecule has 9 aromatic carbocycles. The predicted octanol–water partition coefficient (Wildman–Crippen LogP) is 10.7. The van der Waals surface area contributed by atoms with E-state index in [1.54, 1.807) is 0 Å². The Morgan fingerprint density at radius 3 is 1.05 bits per heavy atom. The van der Waals surface area contributed by atoms with Crippen LogP contribution in [0.1, 0.15) is 5.56 Å². The van der Waals surface area contributed by atoms with E-state index in [-0.39, 0.29) is 0 Å². The lowest BCUT2D eigenvalue weighted by atomic mass is 9.89. The average molecular weight is 508 g/mol. The topological polar surface area (TPSA) is 26.0 Å². The van der Waals surface area contributed by atoms with Crippen LogP contribution in [0.25, 0.3) is 86.9 Å². The van der Waals surface area contributed by atoms with E-state index in [0.29, 0.717) is 0 Å². The zero-order valence-corrected chi connectivity index (χ0v) is 22.1. The van der Waals surface area contributed by atoms with Crippen molar-refractivity contribution in [2.24, 2.45) is 0 Å². The predicted molar refractivity (Wildman–Crippen MR) is 174 cm³/mol. The van der Waals surface area contributed by atoms with E-state index in [2.05, 4.69) is 128 Å². The molecule has 0 radical (unpaired) electrons. The molecule has 2 N–H and O–H groups in total. The van der Waals surface area contributed by atoms with Crippen molar-refractivity contribution in [1.29, 1.82) is 0 Å². The molecule has 0 heterocycles. The van der Waals surface area contributed by atoms with Crippen molar-refractivity contribution in [3.8, 4) is 22.3 Å². The Labute approximate surface area is 231 Å². The molecule has 0 aliphatic rings. The van der Waals surface area contributed by atoms with Gasteiger partial charge in [0.2, 0.25) is 0 Å². The first-order chi connectivity index (χ1) is 19.6. The molecule has 0 spiro atoms. The zero-order valence-electron chi connectivity index (χ0n) is 22.1. The standard InChI is InChI=1S/C39H25N/c1-22-13-25-5-7-27-16-33(17-28-8-6-26(14-22)36(25)37(27)28)23-3-2-4-24(15-23)34-18-29-9-11-31-20-35(40)21-32-12-10-30(19-34)38(29)39(31)32/h2-21H,40H2,1H3. The van der Waals surface area contributed by atoms with Gasteiger partial charge >= 0.3 is 0 Å². The number of rotatable bonds is 2. The van der Waals surface area contributed by atoms with Crippen LogP contribution in [0.5, 0.6) is 0 Å². The molecule has 0 saturated carbocycles. The fourth-order valence-corrected chi connectivity index (χ4v) is 7.07. The Bertz CT molecular complexity index is 2140. The first-order valence-electron chi connectivity index (χ1n) is 13.9. The maximum atomic E-state index is 6.17. The van der Waals surface area contributed by atoms with Crippen LogP contribution in [-0.2, 0) is 0 Å². The SMILES string of the molecule is Cc1cc2ccc3cc(-c4cccc(-c5cc6ccc7cc(N)cc8ccc(c5)c6c78)c4)cc4ccc(c1)c2c34. The van der Waals surface area contributed by atoms with Crippen LogP contribution in [0.3, 0.4) is 0 Å². The summed E-state index contributed by atoms with van der Waals surface area (Å²) in [4.78, 5) is 0. The molecule has 40 heavy (non-hydrogen) atoms. The molecule has 1 nitrogen and oxygen atoms in total. The van der Waals surface area contributed by atoms with Crippen molar-refractivity contribution in [3.05, 3.63) is 127 Å². The highest BCUT2D eigenvalue weighted by Crippen LogP contribution is 2.41. The Balaban J connectivity index is 1.22. The molecule has 0 aliphatic heterocycles. The van der Waals surface area contributed by atoms with E-state index < -0.39 is 0 Å². The second kappa shape index (κ2) is 7.71. The average Bonchev–Trinajstić information content (AvgIpc) is 2.97. The third-order valence-electron chi connectivity index (χ3n) is 8.76. The molecule has 1 heteroatoms. The van der Waals surface area contributed by atoms with Crippen LogP contribution in [-0.4, -0.2) is 0 Å². The molecular weight excluding hydrogens is 482 g/mol. The van der Waals surface area contributed by atoms with Gasteiger partial charge in [0.25, 0.3) is 0 Å². The molecule has 0 saturated heterocycles. The van der Waals surface area contributed by atoms with Gasteiger partial charge in [-0.3, -0.25) is 0 Å². The summed E-state index contributed by atoms with van der Waals surface area (Å²) in [7, 11) is 0. The normalized spacial score (nSPS) is 12.2. The van der Waals surface area contributed by atoms with Gasteiger partial charge in [0.15, 0.2) is 0 Å². The van der Waals surface area contributed by atoms with Crippen LogP contribution in [0, 0.1) is 6.92 Å². The molecule has 9 rings (SSSR count). The van der Waals surface area contributed by atoms with Gasteiger partial charge in [-0.1, -0.05) is 78.9 Å². The number of nitrogens with two attached hydrogens (primary N) is 1. The summed E-state index contributed by atoms with van der Waals surface area (Å²) in [5.74, 6) is 0. The summed E-state index contributed by atoms with van der Waals surface area (Å²) in [6.45, 7) is 2.18. The molecule has 0 amide bonds. The lowest BCUT2D eigenvalue weighted by Gasteiger charge is -2.15. The van der Waals surface area contributed by atoms with Crippen LogP contribution in [0.4, 0.5) is 5.69 Å². The van der Waals surface area contributed by atoms with Gasteiger partial charge in [-0.05, 0) is 142 Å². The van der Waals surface area contributed by atoms with Crippen LogP contribution in [0.2, 0.25) is 0 Å². The summed E-state index contributed by atoms with van der Waals surface area (Å²) >= 11 is 0. The van der Waals surface area contributed by atoms with Gasteiger partial charge in [-0.2, -0.15) is 0 Å². The minimum Gasteiger partial charge on any atom is -0.399 e.